The zero-order valence-corrected chi connectivity index (χ0v) is 10.4. The maximum atomic E-state index is 10.0. The first-order valence-corrected chi connectivity index (χ1v) is 5.88. The zero-order chi connectivity index (χ0) is 11.2. The van der Waals surface area contributed by atoms with Crippen LogP contribution in [0.5, 0.6) is 0 Å². The Bertz CT molecular complexity index is 141. The minimum absolute atomic E-state index is 0.503. The van der Waals surface area contributed by atoms with E-state index in [9.17, 15) is 5.11 Å². The van der Waals surface area contributed by atoms with Crippen LogP contribution >= 0.6 is 0 Å². The molecule has 86 valence electrons. The molecule has 0 rings (SSSR count). The van der Waals surface area contributed by atoms with Crippen LogP contribution in [0.4, 0.5) is 0 Å². The second-order valence-electron chi connectivity index (χ2n) is 4.78. The molecule has 2 nitrogen and oxygen atoms in total. The van der Waals surface area contributed by atoms with E-state index in [0.717, 1.165) is 25.9 Å². The predicted molar refractivity (Wildman–Crippen MR) is 62.4 cm³/mol. The van der Waals surface area contributed by atoms with Gasteiger partial charge in [0.15, 0.2) is 0 Å². The van der Waals surface area contributed by atoms with E-state index in [1.54, 1.807) is 0 Å². The van der Waals surface area contributed by atoms with Crippen LogP contribution < -0.4 is 5.32 Å². The van der Waals surface area contributed by atoms with Crippen molar-refractivity contribution in [2.75, 3.05) is 13.1 Å². The van der Waals surface area contributed by atoms with Gasteiger partial charge in [0.05, 0.1) is 5.60 Å². The van der Waals surface area contributed by atoms with Gasteiger partial charge in [-0.3, -0.25) is 0 Å². The lowest BCUT2D eigenvalue weighted by Gasteiger charge is -2.27. The van der Waals surface area contributed by atoms with Gasteiger partial charge in [-0.1, -0.05) is 34.6 Å². The molecule has 0 amide bonds. The minimum atomic E-state index is -0.503. The van der Waals surface area contributed by atoms with Crippen molar-refractivity contribution in [3.8, 4) is 0 Å². The summed E-state index contributed by atoms with van der Waals surface area (Å²) in [5, 5.41) is 13.4. The molecule has 0 aliphatic rings. The maximum absolute atomic E-state index is 10.0. The standard InChI is InChI=1S/C12H27NO/c1-6-12(14,7-2)9-13-8-11(5)10(3)4/h10-11,13-14H,6-9H2,1-5H3. The summed E-state index contributed by atoms with van der Waals surface area (Å²) in [6.07, 6.45) is 1.65. The van der Waals surface area contributed by atoms with Crippen LogP contribution in [0.3, 0.4) is 0 Å². The molecule has 0 aliphatic carbocycles. The molecular formula is C12H27NO. The normalized spacial score (nSPS) is 14.8. The average Bonchev–Trinajstić information content (AvgIpc) is 2.17. The number of rotatable bonds is 7. The van der Waals surface area contributed by atoms with E-state index < -0.39 is 5.60 Å². The smallest absolute Gasteiger partial charge is 0.0766 e. The fraction of sp³-hybridized carbons (Fsp3) is 1.00. The third-order valence-corrected chi connectivity index (χ3v) is 3.37. The third kappa shape index (κ3) is 4.97. The molecule has 2 N–H and O–H groups in total. The SMILES string of the molecule is CCC(O)(CC)CNCC(C)C(C)C. The van der Waals surface area contributed by atoms with Crippen molar-refractivity contribution in [2.45, 2.75) is 53.1 Å². The van der Waals surface area contributed by atoms with Gasteiger partial charge in [0.25, 0.3) is 0 Å². The van der Waals surface area contributed by atoms with Gasteiger partial charge in [-0.05, 0) is 31.2 Å². The van der Waals surface area contributed by atoms with Crippen LogP contribution in [0.15, 0.2) is 0 Å². The zero-order valence-electron chi connectivity index (χ0n) is 10.4. The lowest BCUT2D eigenvalue weighted by Crippen LogP contribution is -2.41. The van der Waals surface area contributed by atoms with Crippen molar-refractivity contribution in [1.29, 1.82) is 0 Å². The number of hydrogen-bond acceptors (Lipinski definition) is 2. The number of aliphatic hydroxyl groups is 1. The molecule has 0 radical (unpaired) electrons. The first-order chi connectivity index (χ1) is 6.45. The number of nitrogens with one attached hydrogen (secondary N) is 1. The van der Waals surface area contributed by atoms with Crippen molar-refractivity contribution in [1.82, 2.24) is 5.32 Å². The first-order valence-electron chi connectivity index (χ1n) is 5.88. The Morgan fingerprint density at radius 1 is 1.14 bits per heavy atom. The van der Waals surface area contributed by atoms with E-state index in [1.165, 1.54) is 0 Å². The molecule has 2 heteroatoms. The molecule has 0 aromatic carbocycles. The fourth-order valence-electron chi connectivity index (χ4n) is 1.27. The molecule has 0 aromatic heterocycles. The predicted octanol–water partition coefficient (Wildman–Crippen LogP) is 2.42. The average molecular weight is 201 g/mol. The Kier molecular flexibility index (Phi) is 6.38. The lowest BCUT2D eigenvalue weighted by atomic mass is 9.95. The number of hydrogen-bond donors (Lipinski definition) is 2. The van der Waals surface area contributed by atoms with Crippen LogP contribution in [0, 0.1) is 11.8 Å². The maximum Gasteiger partial charge on any atom is 0.0766 e. The lowest BCUT2D eigenvalue weighted by molar-refractivity contribution is 0.0315. The van der Waals surface area contributed by atoms with E-state index >= 15 is 0 Å². The highest BCUT2D eigenvalue weighted by Gasteiger charge is 2.21. The molecule has 14 heavy (non-hydrogen) atoms. The van der Waals surface area contributed by atoms with Gasteiger partial charge in [0.1, 0.15) is 0 Å². The second kappa shape index (κ2) is 6.41. The highest BCUT2D eigenvalue weighted by Crippen LogP contribution is 2.13. The van der Waals surface area contributed by atoms with E-state index in [4.69, 9.17) is 0 Å². The van der Waals surface area contributed by atoms with Crippen LogP contribution in [0.2, 0.25) is 0 Å². The molecule has 0 bridgehead atoms. The summed E-state index contributed by atoms with van der Waals surface area (Å²) in [5.41, 5.74) is -0.503. The Labute approximate surface area is 89.1 Å². The van der Waals surface area contributed by atoms with Crippen molar-refractivity contribution < 1.29 is 5.11 Å². The van der Waals surface area contributed by atoms with Gasteiger partial charge in [-0.25, -0.2) is 0 Å². The Morgan fingerprint density at radius 2 is 1.64 bits per heavy atom. The molecule has 0 saturated heterocycles. The Morgan fingerprint density at radius 3 is 2.00 bits per heavy atom. The molecule has 0 heterocycles. The van der Waals surface area contributed by atoms with Crippen molar-refractivity contribution in [2.24, 2.45) is 11.8 Å². The molecule has 0 aromatic rings. The quantitative estimate of drug-likeness (QED) is 0.663. The summed E-state index contributed by atoms with van der Waals surface area (Å²) in [7, 11) is 0. The van der Waals surface area contributed by atoms with Gasteiger partial charge < -0.3 is 10.4 Å². The minimum Gasteiger partial charge on any atom is -0.389 e. The molecule has 0 spiro atoms. The van der Waals surface area contributed by atoms with Gasteiger partial charge >= 0.3 is 0 Å². The largest absolute Gasteiger partial charge is 0.389 e. The van der Waals surface area contributed by atoms with Crippen molar-refractivity contribution >= 4 is 0 Å². The van der Waals surface area contributed by atoms with Crippen molar-refractivity contribution in [3.63, 3.8) is 0 Å². The van der Waals surface area contributed by atoms with Crippen LogP contribution in [0.25, 0.3) is 0 Å². The van der Waals surface area contributed by atoms with E-state index in [0.29, 0.717) is 11.8 Å². The van der Waals surface area contributed by atoms with Gasteiger partial charge in [0.2, 0.25) is 0 Å². The van der Waals surface area contributed by atoms with Gasteiger partial charge in [0, 0.05) is 6.54 Å². The van der Waals surface area contributed by atoms with Crippen LogP contribution in [-0.2, 0) is 0 Å². The summed E-state index contributed by atoms with van der Waals surface area (Å²) in [6, 6.07) is 0. The van der Waals surface area contributed by atoms with Crippen molar-refractivity contribution in [3.05, 3.63) is 0 Å². The molecular weight excluding hydrogens is 174 g/mol. The van der Waals surface area contributed by atoms with E-state index in [-0.39, 0.29) is 0 Å². The monoisotopic (exact) mass is 201 g/mol. The molecule has 1 unspecified atom stereocenters. The highest BCUT2D eigenvalue weighted by molar-refractivity contribution is 4.78. The summed E-state index contributed by atoms with van der Waals surface area (Å²) in [5.74, 6) is 1.38. The molecule has 0 fully saturated rings. The Balaban J connectivity index is 3.72. The van der Waals surface area contributed by atoms with Crippen LogP contribution in [0.1, 0.15) is 47.5 Å². The van der Waals surface area contributed by atoms with Gasteiger partial charge in [-0.15, -0.1) is 0 Å². The fourth-order valence-corrected chi connectivity index (χ4v) is 1.27. The topological polar surface area (TPSA) is 32.3 Å². The first kappa shape index (κ1) is 13.9. The molecule has 0 aliphatic heterocycles. The van der Waals surface area contributed by atoms with E-state index in [1.807, 2.05) is 13.8 Å². The van der Waals surface area contributed by atoms with Crippen LogP contribution in [-0.4, -0.2) is 23.8 Å². The summed E-state index contributed by atoms with van der Waals surface area (Å²) in [4.78, 5) is 0. The second-order valence-corrected chi connectivity index (χ2v) is 4.78. The molecule has 1 atom stereocenters. The summed E-state index contributed by atoms with van der Waals surface area (Å²) >= 11 is 0. The van der Waals surface area contributed by atoms with Gasteiger partial charge in [-0.2, -0.15) is 0 Å². The Hall–Kier alpha value is -0.0800. The highest BCUT2D eigenvalue weighted by atomic mass is 16.3. The summed E-state index contributed by atoms with van der Waals surface area (Å²) < 4.78 is 0. The summed E-state index contributed by atoms with van der Waals surface area (Å²) in [6.45, 7) is 12.5. The molecule has 0 saturated carbocycles. The van der Waals surface area contributed by atoms with E-state index in [2.05, 4.69) is 26.1 Å². The third-order valence-electron chi connectivity index (χ3n) is 3.37.